The zero-order chi connectivity index (χ0) is 20.9. The first-order valence-corrected chi connectivity index (χ1v) is 9.84. The predicted molar refractivity (Wildman–Crippen MR) is 104 cm³/mol. The van der Waals surface area contributed by atoms with Gasteiger partial charge in [0.15, 0.2) is 17.3 Å². The number of hydrogen-bond donors (Lipinski definition) is 2. The minimum absolute atomic E-state index is 0.0229. The Morgan fingerprint density at radius 3 is 2.76 bits per heavy atom. The van der Waals surface area contributed by atoms with Crippen molar-refractivity contribution in [2.45, 2.75) is 38.1 Å². The molecular weight excluding hydrogens is 398 g/mol. The van der Waals surface area contributed by atoms with Crippen LogP contribution in [0, 0.1) is 29.9 Å². The van der Waals surface area contributed by atoms with Gasteiger partial charge in [0.2, 0.25) is 5.91 Å². The number of nitrogens with zero attached hydrogens (tertiary/aromatic N) is 2. The zero-order valence-electron chi connectivity index (χ0n) is 15.6. The van der Waals surface area contributed by atoms with Gasteiger partial charge in [-0.25, -0.2) is 13.8 Å². The SMILES string of the molecule is Cc1c(C2(C(=O)N[C@@H](C)c3nc(C#N)cs3)CC2)c(=O)[nH]c2ccc(F)c(F)c12. The Morgan fingerprint density at radius 2 is 2.14 bits per heavy atom. The molecule has 6 nitrogen and oxygen atoms in total. The number of aryl methyl sites for hydroxylation is 1. The molecule has 0 bridgehead atoms. The molecule has 2 aromatic heterocycles. The van der Waals surface area contributed by atoms with Gasteiger partial charge in [0.05, 0.1) is 17.0 Å². The Labute approximate surface area is 168 Å². The lowest BCUT2D eigenvalue weighted by molar-refractivity contribution is -0.124. The zero-order valence-corrected chi connectivity index (χ0v) is 16.4. The number of aromatic nitrogens is 2. The largest absolute Gasteiger partial charge is 0.346 e. The molecule has 2 N–H and O–H groups in total. The smallest absolute Gasteiger partial charge is 0.252 e. The van der Waals surface area contributed by atoms with Crippen LogP contribution in [-0.2, 0) is 10.2 Å². The molecule has 0 aliphatic heterocycles. The number of thiazole rings is 1. The Balaban J connectivity index is 1.73. The number of H-pyrrole nitrogens is 1. The third kappa shape index (κ3) is 3.00. The molecule has 9 heteroatoms. The van der Waals surface area contributed by atoms with E-state index in [4.69, 9.17) is 5.26 Å². The molecule has 0 saturated heterocycles. The van der Waals surface area contributed by atoms with E-state index < -0.39 is 28.7 Å². The molecule has 0 spiro atoms. The van der Waals surface area contributed by atoms with E-state index in [-0.39, 0.29) is 33.6 Å². The fourth-order valence-electron chi connectivity index (χ4n) is 3.73. The highest BCUT2D eigenvalue weighted by molar-refractivity contribution is 7.09. The average Bonchev–Trinajstić information content (AvgIpc) is 3.32. The molecule has 1 atom stereocenters. The van der Waals surface area contributed by atoms with E-state index in [1.54, 1.807) is 12.3 Å². The summed E-state index contributed by atoms with van der Waals surface area (Å²) in [7, 11) is 0. The van der Waals surface area contributed by atoms with Crippen molar-refractivity contribution in [3.05, 3.63) is 61.3 Å². The number of nitriles is 1. The lowest BCUT2D eigenvalue weighted by Crippen LogP contribution is -2.40. The summed E-state index contributed by atoms with van der Waals surface area (Å²) in [6.07, 6.45) is 0.860. The monoisotopic (exact) mass is 414 g/mol. The Bertz CT molecular complexity index is 1250. The van der Waals surface area contributed by atoms with Crippen LogP contribution < -0.4 is 10.9 Å². The van der Waals surface area contributed by atoms with Crippen molar-refractivity contribution in [2.24, 2.45) is 0 Å². The van der Waals surface area contributed by atoms with E-state index in [9.17, 15) is 18.4 Å². The summed E-state index contributed by atoms with van der Waals surface area (Å²) >= 11 is 1.26. The van der Waals surface area contributed by atoms with E-state index in [0.717, 1.165) is 6.07 Å². The van der Waals surface area contributed by atoms with Gasteiger partial charge in [0.1, 0.15) is 11.1 Å². The summed E-state index contributed by atoms with van der Waals surface area (Å²) in [5, 5.41) is 13.9. The average molecular weight is 414 g/mol. The topological polar surface area (TPSA) is 98.6 Å². The third-order valence-electron chi connectivity index (χ3n) is 5.34. The third-order valence-corrected chi connectivity index (χ3v) is 6.37. The number of nitrogens with one attached hydrogen (secondary N) is 2. The van der Waals surface area contributed by atoms with Gasteiger partial charge in [-0.05, 0) is 44.4 Å². The fourth-order valence-corrected chi connectivity index (χ4v) is 4.48. The minimum Gasteiger partial charge on any atom is -0.346 e. The quantitative estimate of drug-likeness (QED) is 0.684. The van der Waals surface area contributed by atoms with Crippen molar-refractivity contribution in [1.29, 1.82) is 5.26 Å². The molecular formula is C20H16F2N4O2S. The van der Waals surface area contributed by atoms with Crippen LogP contribution in [0.3, 0.4) is 0 Å². The second-order valence-electron chi connectivity index (χ2n) is 7.20. The first kappa shape index (κ1) is 19.2. The molecule has 0 radical (unpaired) electrons. The number of amides is 1. The summed E-state index contributed by atoms with van der Waals surface area (Å²) in [5.41, 5.74) is -0.688. The second-order valence-corrected chi connectivity index (χ2v) is 8.09. The van der Waals surface area contributed by atoms with Crippen LogP contribution in [-0.4, -0.2) is 15.9 Å². The molecule has 1 aromatic carbocycles. The molecule has 1 saturated carbocycles. The highest BCUT2D eigenvalue weighted by atomic mass is 32.1. The lowest BCUT2D eigenvalue weighted by atomic mass is 9.89. The Hall–Kier alpha value is -3.12. The summed E-state index contributed by atoms with van der Waals surface area (Å²) in [4.78, 5) is 32.5. The molecule has 1 aliphatic carbocycles. The first-order valence-electron chi connectivity index (χ1n) is 8.96. The number of hydrogen-bond acceptors (Lipinski definition) is 5. The first-order chi connectivity index (χ1) is 13.8. The van der Waals surface area contributed by atoms with Crippen molar-refractivity contribution in [1.82, 2.24) is 15.3 Å². The van der Waals surface area contributed by atoms with Gasteiger partial charge in [-0.3, -0.25) is 9.59 Å². The summed E-state index contributed by atoms with van der Waals surface area (Å²) in [5.74, 6) is -2.43. The van der Waals surface area contributed by atoms with Crippen LogP contribution in [0.15, 0.2) is 22.3 Å². The summed E-state index contributed by atoms with van der Waals surface area (Å²) < 4.78 is 28.2. The number of aromatic amines is 1. The molecule has 29 heavy (non-hydrogen) atoms. The highest BCUT2D eigenvalue weighted by Gasteiger charge is 2.54. The molecule has 1 fully saturated rings. The normalized spacial score (nSPS) is 15.7. The molecule has 3 aromatic rings. The number of benzene rings is 1. The molecule has 1 aliphatic rings. The predicted octanol–water partition coefficient (Wildman–Crippen LogP) is 3.35. The Kier molecular flexibility index (Phi) is 4.46. The fraction of sp³-hybridized carbons (Fsp3) is 0.300. The van der Waals surface area contributed by atoms with E-state index in [2.05, 4.69) is 15.3 Å². The molecule has 0 unspecified atom stereocenters. The molecule has 4 rings (SSSR count). The van der Waals surface area contributed by atoms with Gasteiger partial charge >= 0.3 is 0 Å². The molecule has 2 heterocycles. The Morgan fingerprint density at radius 1 is 1.41 bits per heavy atom. The minimum atomic E-state index is -1.09. The van der Waals surface area contributed by atoms with Crippen LogP contribution in [0.2, 0.25) is 0 Å². The number of halogens is 2. The second kappa shape index (κ2) is 6.74. The number of rotatable bonds is 4. The number of carbonyl (C=O) groups is 1. The standard InChI is InChI=1S/C20H16F2N4O2S/c1-9-14-13(4-3-12(21)16(14)22)26-17(27)15(9)20(5-6-20)19(28)24-10(2)18-25-11(7-23)8-29-18/h3-4,8,10H,5-6H2,1-2H3,(H,24,28)(H,26,27)/t10-/m0/s1. The van der Waals surface area contributed by atoms with Crippen LogP contribution >= 0.6 is 11.3 Å². The highest BCUT2D eigenvalue weighted by Crippen LogP contribution is 2.49. The summed E-state index contributed by atoms with van der Waals surface area (Å²) in [6, 6.07) is 3.75. The van der Waals surface area contributed by atoms with Crippen molar-refractivity contribution in [3.8, 4) is 6.07 Å². The maximum absolute atomic E-state index is 14.4. The van der Waals surface area contributed by atoms with Gasteiger partial charge < -0.3 is 10.3 Å². The van der Waals surface area contributed by atoms with Crippen molar-refractivity contribution >= 4 is 28.1 Å². The lowest BCUT2D eigenvalue weighted by Gasteiger charge is -2.20. The van der Waals surface area contributed by atoms with E-state index in [1.807, 2.05) is 6.07 Å². The van der Waals surface area contributed by atoms with Crippen molar-refractivity contribution in [2.75, 3.05) is 0 Å². The van der Waals surface area contributed by atoms with Crippen LogP contribution in [0.1, 0.15) is 47.6 Å². The van der Waals surface area contributed by atoms with E-state index in [1.165, 1.54) is 24.3 Å². The van der Waals surface area contributed by atoms with Crippen LogP contribution in [0.4, 0.5) is 8.78 Å². The van der Waals surface area contributed by atoms with E-state index >= 15 is 0 Å². The van der Waals surface area contributed by atoms with Gasteiger partial charge in [0.25, 0.3) is 5.56 Å². The van der Waals surface area contributed by atoms with Crippen LogP contribution in [0.5, 0.6) is 0 Å². The number of pyridine rings is 1. The number of fused-ring (bicyclic) bond motifs is 1. The number of carbonyl (C=O) groups excluding carboxylic acids is 1. The molecule has 148 valence electrons. The maximum atomic E-state index is 14.4. The van der Waals surface area contributed by atoms with Gasteiger partial charge in [-0.2, -0.15) is 5.26 Å². The summed E-state index contributed by atoms with van der Waals surface area (Å²) in [6.45, 7) is 3.27. The van der Waals surface area contributed by atoms with Crippen molar-refractivity contribution < 1.29 is 13.6 Å². The van der Waals surface area contributed by atoms with Crippen LogP contribution in [0.25, 0.3) is 10.9 Å². The van der Waals surface area contributed by atoms with E-state index in [0.29, 0.717) is 17.8 Å². The molecule has 1 amide bonds. The maximum Gasteiger partial charge on any atom is 0.252 e. The van der Waals surface area contributed by atoms with Gasteiger partial charge in [0, 0.05) is 16.3 Å². The van der Waals surface area contributed by atoms with Crippen molar-refractivity contribution in [3.63, 3.8) is 0 Å². The van der Waals surface area contributed by atoms with Gasteiger partial charge in [-0.1, -0.05) is 0 Å². The van der Waals surface area contributed by atoms with Gasteiger partial charge in [-0.15, -0.1) is 11.3 Å².